The Morgan fingerprint density at radius 1 is 1.15 bits per heavy atom. The zero-order valence-electron chi connectivity index (χ0n) is 16.0. The highest BCUT2D eigenvalue weighted by atomic mass is 32.2. The third-order valence-corrected chi connectivity index (χ3v) is 8.29. The molecule has 0 aromatic heterocycles. The molecular weight excluding hydrogens is 360 g/mol. The Hall–Kier alpha value is -2.01. The molecule has 4 rings (SSSR count). The number of aryl methyl sites for hydroxylation is 1. The topological polar surface area (TPSA) is 60.4 Å². The summed E-state index contributed by atoms with van der Waals surface area (Å²) < 4.78 is 18.0. The van der Waals surface area contributed by atoms with E-state index in [0.29, 0.717) is 16.9 Å². The van der Waals surface area contributed by atoms with Crippen LogP contribution in [-0.2, 0) is 25.1 Å². The SMILES string of the molecule is COC1=C(C(C)C)C(=O)[C@@H]2[C@@H]3C=C[C@@H](C3)[C@]2(S(=O)c2ccc(C)cc2)C1=O. The first-order valence-electron chi connectivity index (χ1n) is 9.38. The number of rotatable bonds is 4. The van der Waals surface area contributed by atoms with Gasteiger partial charge in [0.1, 0.15) is 4.75 Å². The van der Waals surface area contributed by atoms with Gasteiger partial charge in [-0.15, -0.1) is 0 Å². The van der Waals surface area contributed by atoms with Crippen LogP contribution in [0.3, 0.4) is 0 Å². The highest BCUT2D eigenvalue weighted by Crippen LogP contribution is 2.59. The maximum atomic E-state index is 13.8. The van der Waals surface area contributed by atoms with Crippen molar-refractivity contribution in [2.24, 2.45) is 23.7 Å². The second kappa shape index (κ2) is 6.26. The van der Waals surface area contributed by atoms with Crippen molar-refractivity contribution < 1.29 is 18.5 Å². The lowest BCUT2D eigenvalue weighted by atomic mass is 9.68. The fourth-order valence-electron chi connectivity index (χ4n) is 5.06. The number of ether oxygens (including phenoxy) is 1. The number of carbonyl (C=O) groups excluding carboxylic acids is 2. The number of carbonyl (C=O) groups is 2. The summed E-state index contributed by atoms with van der Waals surface area (Å²) in [6.45, 7) is 5.75. The van der Waals surface area contributed by atoms with E-state index in [2.05, 4.69) is 0 Å². The van der Waals surface area contributed by atoms with E-state index in [9.17, 15) is 13.8 Å². The van der Waals surface area contributed by atoms with Crippen LogP contribution in [0.2, 0.25) is 0 Å². The monoisotopic (exact) mass is 384 g/mol. The number of Topliss-reactive ketones (excluding diaryl/α,β-unsaturated/α-hetero) is 2. The van der Waals surface area contributed by atoms with Crippen LogP contribution in [0.1, 0.15) is 25.8 Å². The summed E-state index contributed by atoms with van der Waals surface area (Å²) in [6, 6.07) is 7.39. The Morgan fingerprint density at radius 2 is 1.81 bits per heavy atom. The lowest BCUT2D eigenvalue weighted by molar-refractivity contribution is -0.132. The van der Waals surface area contributed by atoms with E-state index >= 15 is 0 Å². The number of benzene rings is 1. The van der Waals surface area contributed by atoms with Crippen LogP contribution in [-0.4, -0.2) is 27.6 Å². The lowest BCUT2D eigenvalue weighted by Crippen LogP contribution is -2.59. The quantitative estimate of drug-likeness (QED) is 0.747. The maximum Gasteiger partial charge on any atom is 0.218 e. The van der Waals surface area contributed by atoms with E-state index in [1.165, 1.54) is 7.11 Å². The number of ketones is 2. The van der Waals surface area contributed by atoms with Crippen LogP contribution in [0.15, 0.2) is 52.6 Å². The molecule has 2 bridgehead atoms. The predicted molar refractivity (Wildman–Crippen MR) is 103 cm³/mol. The summed E-state index contributed by atoms with van der Waals surface area (Å²) in [5.41, 5.74) is 1.51. The first-order chi connectivity index (χ1) is 12.8. The van der Waals surface area contributed by atoms with Crippen LogP contribution >= 0.6 is 0 Å². The number of hydrogen-bond acceptors (Lipinski definition) is 4. The van der Waals surface area contributed by atoms with Crippen molar-refractivity contribution in [3.05, 3.63) is 53.3 Å². The van der Waals surface area contributed by atoms with Gasteiger partial charge in [0.2, 0.25) is 5.78 Å². The Labute approximate surface area is 162 Å². The van der Waals surface area contributed by atoms with Crippen LogP contribution in [0, 0.1) is 30.6 Å². The van der Waals surface area contributed by atoms with Crippen molar-refractivity contribution in [3.8, 4) is 0 Å². The number of methoxy groups -OCH3 is 1. The Bertz CT molecular complexity index is 909. The van der Waals surface area contributed by atoms with E-state index in [1.807, 2.05) is 45.1 Å². The molecule has 1 unspecified atom stereocenters. The minimum atomic E-state index is -1.64. The summed E-state index contributed by atoms with van der Waals surface area (Å²) in [4.78, 5) is 27.8. The molecule has 3 aliphatic rings. The molecule has 0 radical (unpaired) electrons. The average molecular weight is 384 g/mol. The third-order valence-electron chi connectivity index (χ3n) is 6.23. The van der Waals surface area contributed by atoms with Crippen molar-refractivity contribution in [3.63, 3.8) is 0 Å². The van der Waals surface area contributed by atoms with E-state index < -0.39 is 21.5 Å². The van der Waals surface area contributed by atoms with Gasteiger partial charge in [0.05, 0.1) is 23.8 Å². The van der Waals surface area contributed by atoms with Crippen molar-refractivity contribution in [2.45, 2.75) is 36.8 Å². The van der Waals surface area contributed by atoms with Crippen molar-refractivity contribution in [1.82, 2.24) is 0 Å². The highest BCUT2D eigenvalue weighted by Gasteiger charge is 2.69. The first-order valence-corrected chi connectivity index (χ1v) is 10.5. The normalized spacial score (nSPS) is 33.0. The lowest BCUT2D eigenvalue weighted by Gasteiger charge is -2.43. The summed E-state index contributed by atoms with van der Waals surface area (Å²) in [7, 11) is -0.216. The van der Waals surface area contributed by atoms with Crippen molar-refractivity contribution in [1.29, 1.82) is 0 Å². The molecule has 0 N–H and O–H groups in total. The van der Waals surface area contributed by atoms with Gasteiger partial charge in [-0.2, -0.15) is 0 Å². The smallest absolute Gasteiger partial charge is 0.218 e. The molecule has 5 atom stereocenters. The number of hydrogen-bond donors (Lipinski definition) is 0. The second-order valence-electron chi connectivity index (χ2n) is 8.04. The highest BCUT2D eigenvalue weighted by molar-refractivity contribution is 7.87. The molecule has 0 aliphatic heterocycles. The van der Waals surface area contributed by atoms with Gasteiger partial charge in [-0.25, -0.2) is 0 Å². The van der Waals surface area contributed by atoms with Crippen LogP contribution in [0.5, 0.6) is 0 Å². The second-order valence-corrected chi connectivity index (χ2v) is 9.72. The van der Waals surface area contributed by atoms with E-state index in [-0.39, 0.29) is 35.1 Å². The Balaban J connectivity index is 1.95. The summed E-state index contributed by atoms with van der Waals surface area (Å²) in [6.07, 6.45) is 4.70. The minimum Gasteiger partial charge on any atom is -0.493 e. The van der Waals surface area contributed by atoms with Crippen molar-refractivity contribution in [2.75, 3.05) is 7.11 Å². The molecule has 0 spiro atoms. The van der Waals surface area contributed by atoms with Gasteiger partial charge >= 0.3 is 0 Å². The van der Waals surface area contributed by atoms with E-state index in [4.69, 9.17) is 4.74 Å². The Kier molecular flexibility index (Phi) is 4.26. The van der Waals surface area contributed by atoms with Gasteiger partial charge in [0, 0.05) is 16.4 Å². The zero-order chi connectivity index (χ0) is 19.5. The van der Waals surface area contributed by atoms with Gasteiger partial charge < -0.3 is 4.74 Å². The van der Waals surface area contributed by atoms with Gasteiger partial charge in [-0.3, -0.25) is 13.8 Å². The molecule has 0 amide bonds. The zero-order valence-corrected chi connectivity index (χ0v) is 16.8. The molecule has 0 saturated heterocycles. The molecule has 1 fully saturated rings. The minimum absolute atomic E-state index is 0.0343. The first kappa shape index (κ1) is 18.4. The van der Waals surface area contributed by atoms with Gasteiger partial charge in [0.25, 0.3) is 0 Å². The number of allylic oxidation sites excluding steroid dienone is 4. The van der Waals surface area contributed by atoms with Crippen LogP contribution in [0.4, 0.5) is 0 Å². The van der Waals surface area contributed by atoms with E-state index in [0.717, 1.165) is 5.56 Å². The predicted octanol–water partition coefficient (Wildman–Crippen LogP) is 3.37. The molecule has 1 saturated carbocycles. The molecule has 142 valence electrons. The van der Waals surface area contributed by atoms with Gasteiger partial charge in [0.15, 0.2) is 11.5 Å². The van der Waals surface area contributed by atoms with E-state index in [1.54, 1.807) is 12.1 Å². The molecule has 1 aromatic carbocycles. The molecule has 0 heterocycles. The van der Waals surface area contributed by atoms with Crippen LogP contribution < -0.4 is 0 Å². The maximum absolute atomic E-state index is 13.8. The van der Waals surface area contributed by atoms with Gasteiger partial charge in [-0.05, 0) is 37.3 Å². The fraction of sp³-hybridized carbons (Fsp3) is 0.455. The third kappa shape index (κ3) is 2.30. The molecular formula is C22H24O4S. The molecule has 3 aliphatic carbocycles. The number of fused-ring (bicyclic) bond motifs is 5. The summed E-state index contributed by atoms with van der Waals surface area (Å²) >= 11 is 0. The van der Waals surface area contributed by atoms with Gasteiger partial charge in [-0.1, -0.05) is 43.7 Å². The van der Waals surface area contributed by atoms with Crippen molar-refractivity contribution >= 4 is 22.4 Å². The standard InChI is InChI=1S/C22H24O4S/c1-12(2)17-19(23)18-14-7-8-15(11-14)22(18,21(24)20(17)26-4)27(25)16-9-5-13(3)6-10-16/h5-10,12,14-15,18H,11H2,1-4H3/t14-,15+,18+,22-,27?/m1/s1. The fourth-order valence-corrected chi connectivity index (χ4v) is 7.06. The molecule has 27 heavy (non-hydrogen) atoms. The largest absolute Gasteiger partial charge is 0.493 e. The Morgan fingerprint density at radius 3 is 2.41 bits per heavy atom. The summed E-state index contributed by atoms with van der Waals surface area (Å²) in [5.74, 6) is -1.16. The van der Waals surface area contributed by atoms with Crippen LogP contribution in [0.25, 0.3) is 0 Å². The average Bonchev–Trinajstić information content (AvgIpc) is 3.24. The molecule has 4 nitrogen and oxygen atoms in total. The summed E-state index contributed by atoms with van der Waals surface area (Å²) in [5, 5.41) is 0. The molecule has 5 heteroatoms. The molecule has 1 aromatic rings.